The van der Waals surface area contributed by atoms with Crippen LogP contribution in [0, 0.1) is 5.82 Å². The van der Waals surface area contributed by atoms with Crippen LogP contribution < -0.4 is 5.73 Å². The van der Waals surface area contributed by atoms with Gasteiger partial charge in [0.2, 0.25) is 0 Å². The van der Waals surface area contributed by atoms with E-state index in [9.17, 15) is 4.39 Å². The van der Waals surface area contributed by atoms with Crippen LogP contribution in [-0.4, -0.2) is 15.2 Å². The highest BCUT2D eigenvalue weighted by molar-refractivity contribution is 6.36. The molecule has 106 valence electrons. The SMILES string of the molecule is Nc1n[nH]c(-c2ccc(F)cn2)c1-c1ccc(Cl)cc1Cl. The van der Waals surface area contributed by atoms with Crippen molar-refractivity contribution in [1.29, 1.82) is 0 Å². The summed E-state index contributed by atoms with van der Waals surface area (Å²) >= 11 is 12.1. The molecule has 0 bridgehead atoms. The summed E-state index contributed by atoms with van der Waals surface area (Å²) in [4.78, 5) is 4.02. The van der Waals surface area contributed by atoms with Gasteiger partial charge < -0.3 is 5.73 Å². The molecule has 2 aromatic heterocycles. The standard InChI is InChI=1S/C14H9Cl2FN4/c15-7-1-3-9(10(16)5-7)12-13(20-21-14(12)18)11-4-2-8(17)6-19-11/h1-6H,(H3,18,20,21). The maximum atomic E-state index is 13.0. The molecule has 2 heterocycles. The highest BCUT2D eigenvalue weighted by Crippen LogP contribution is 2.38. The highest BCUT2D eigenvalue weighted by atomic mass is 35.5. The fraction of sp³-hybridized carbons (Fsp3) is 0. The second kappa shape index (κ2) is 5.35. The molecule has 0 atom stereocenters. The first kappa shape index (κ1) is 13.9. The molecule has 0 aliphatic carbocycles. The largest absolute Gasteiger partial charge is 0.382 e. The summed E-state index contributed by atoms with van der Waals surface area (Å²) in [6.07, 6.45) is 1.12. The van der Waals surface area contributed by atoms with Gasteiger partial charge in [-0.2, -0.15) is 5.10 Å². The number of hydrogen-bond donors (Lipinski definition) is 2. The lowest BCUT2D eigenvalue weighted by Gasteiger charge is -2.07. The average Bonchev–Trinajstić information content (AvgIpc) is 2.82. The molecule has 3 N–H and O–H groups in total. The molecule has 0 fully saturated rings. The van der Waals surface area contributed by atoms with E-state index in [1.165, 1.54) is 12.1 Å². The first-order chi connectivity index (χ1) is 10.1. The molecule has 7 heteroatoms. The van der Waals surface area contributed by atoms with Crippen molar-refractivity contribution >= 4 is 29.0 Å². The number of rotatable bonds is 2. The molecule has 0 aliphatic heterocycles. The van der Waals surface area contributed by atoms with Gasteiger partial charge >= 0.3 is 0 Å². The summed E-state index contributed by atoms with van der Waals surface area (Å²) in [5.41, 5.74) is 8.28. The van der Waals surface area contributed by atoms with Crippen molar-refractivity contribution < 1.29 is 4.39 Å². The molecule has 0 aliphatic rings. The van der Waals surface area contributed by atoms with E-state index in [2.05, 4.69) is 15.2 Å². The number of anilines is 1. The minimum atomic E-state index is -0.419. The summed E-state index contributed by atoms with van der Waals surface area (Å²) in [5.74, 6) is -0.141. The second-order valence-electron chi connectivity index (χ2n) is 4.34. The van der Waals surface area contributed by atoms with Gasteiger partial charge in [-0.25, -0.2) is 4.39 Å². The molecule has 3 rings (SSSR count). The third-order valence-corrected chi connectivity index (χ3v) is 3.53. The first-order valence-electron chi connectivity index (χ1n) is 5.97. The van der Waals surface area contributed by atoms with Crippen LogP contribution >= 0.6 is 23.2 Å². The molecule has 4 nitrogen and oxygen atoms in total. The van der Waals surface area contributed by atoms with E-state index >= 15 is 0 Å². The zero-order valence-corrected chi connectivity index (χ0v) is 12.1. The summed E-state index contributed by atoms with van der Waals surface area (Å²) in [6, 6.07) is 7.92. The molecular formula is C14H9Cl2FN4. The van der Waals surface area contributed by atoms with Gasteiger partial charge in [0.25, 0.3) is 0 Å². The quantitative estimate of drug-likeness (QED) is 0.744. The lowest BCUT2D eigenvalue weighted by molar-refractivity contribution is 0.622. The molecule has 0 saturated heterocycles. The summed E-state index contributed by atoms with van der Waals surface area (Å²) in [6.45, 7) is 0. The Balaban J connectivity index is 2.19. The van der Waals surface area contributed by atoms with Crippen LogP contribution in [0.25, 0.3) is 22.5 Å². The molecule has 21 heavy (non-hydrogen) atoms. The number of halogens is 3. The fourth-order valence-corrected chi connectivity index (χ4v) is 2.53. The zero-order chi connectivity index (χ0) is 15.0. The highest BCUT2D eigenvalue weighted by Gasteiger charge is 2.18. The molecule has 1 aromatic carbocycles. The smallest absolute Gasteiger partial charge is 0.153 e. The van der Waals surface area contributed by atoms with Crippen LogP contribution in [-0.2, 0) is 0 Å². The van der Waals surface area contributed by atoms with Crippen LogP contribution in [0.15, 0.2) is 36.5 Å². The lowest BCUT2D eigenvalue weighted by Crippen LogP contribution is -1.91. The maximum Gasteiger partial charge on any atom is 0.153 e. The number of hydrogen-bond acceptors (Lipinski definition) is 3. The predicted molar refractivity (Wildman–Crippen MR) is 81.6 cm³/mol. The van der Waals surface area contributed by atoms with Gasteiger partial charge in [-0.15, -0.1) is 0 Å². The number of nitrogen functional groups attached to an aromatic ring is 1. The Morgan fingerprint density at radius 2 is 1.95 bits per heavy atom. The van der Waals surface area contributed by atoms with Gasteiger partial charge in [-0.3, -0.25) is 10.1 Å². The van der Waals surface area contributed by atoms with E-state index in [0.717, 1.165) is 6.20 Å². The van der Waals surface area contributed by atoms with Crippen LogP contribution in [0.4, 0.5) is 10.2 Å². The minimum Gasteiger partial charge on any atom is -0.382 e. The van der Waals surface area contributed by atoms with Gasteiger partial charge in [0, 0.05) is 10.6 Å². The number of nitrogens with two attached hydrogens (primary N) is 1. The number of H-pyrrole nitrogens is 1. The topological polar surface area (TPSA) is 67.6 Å². The summed E-state index contributed by atoms with van der Waals surface area (Å²) in [5, 5.41) is 7.75. The van der Waals surface area contributed by atoms with E-state index in [-0.39, 0.29) is 5.82 Å². The average molecular weight is 323 g/mol. The number of nitrogens with zero attached hydrogens (tertiary/aromatic N) is 2. The van der Waals surface area contributed by atoms with E-state index in [1.54, 1.807) is 18.2 Å². The molecule has 0 unspecified atom stereocenters. The molecule has 0 radical (unpaired) electrons. The van der Waals surface area contributed by atoms with Gasteiger partial charge in [-0.05, 0) is 24.3 Å². The van der Waals surface area contributed by atoms with Gasteiger partial charge in [0.15, 0.2) is 5.82 Å². The van der Waals surface area contributed by atoms with E-state index in [1.807, 2.05) is 0 Å². The Labute approximate surface area is 129 Å². The number of aromatic nitrogens is 3. The monoisotopic (exact) mass is 322 g/mol. The van der Waals surface area contributed by atoms with Crippen molar-refractivity contribution in [1.82, 2.24) is 15.2 Å². The molecular weight excluding hydrogens is 314 g/mol. The van der Waals surface area contributed by atoms with E-state index in [4.69, 9.17) is 28.9 Å². The lowest BCUT2D eigenvalue weighted by atomic mass is 10.0. The maximum absolute atomic E-state index is 13.0. The molecule has 0 amide bonds. The summed E-state index contributed by atoms with van der Waals surface area (Å²) < 4.78 is 13.0. The number of aromatic amines is 1. The first-order valence-corrected chi connectivity index (χ1v) is 6.73. The third kappa shape index (κ3) is 2.57. The van der Waals surface area contributed by atoms with Gasteiger partial charge in [-0.1, -0.05) is 29.3 Å². The number of nitrogens with one attached hydrogen (secondary N) is 1. The fourth-order valence-electron chi connectivity index (χ4n) is 2.03. The van der Waals surface area contributed by atoms with E-state index < -0.39 is 5.82 Å². The Morgan fingerprint density at radius 1 is 1.14 bits per heavy atom. The Hall–Kier alpha value is -2.11. The zero-order valence-electron chi connectivity index (χ0n) is 10.6. The van der Waals surface area contributed by atoms with Crippen LogP contribution in [0.1, 0.15) is 0 Å². The van der Waals surface area contributed by atoms with Crippen molar-refractivity contribution in [3.05, 3.63) is 52.4 Å². The van der Waals surface area contributed by atoms with Crippen molar-refractivity contribution in [2.45, 2.75) is 0 Å². The van der Waals surface area contributed by atoms with Crippen LogP contribution in [0.2, 0.25) is 10.0 Å². The molecule has 0 spiro atoms. The normalized spacial score (nSPS) is 10.8. The van der Waals surface area contributed by atoms with E-state index in [0.29, 0.717) is 32.6 Å². The molecule has 0 saturated carbocycles. The second-order valence-corrected chi connectivity index (χ2v) is 5.19. The number of benzene rings is 1. The van der Waals surface area contributed by atoms with Crippen molar-refractivity contribution in [2.24, 2.45) is 0 Å². The van der Waals surface area contributed by atoms with Crippen molar-refractivity contribution in [2.75, 3.05) is 5.73 Å². The minimum absolute atomic E-state index is 0.278. The van der Waals surface area contributed by atoms with Crippen molar-refractivity contribution in [3.8, 4) is 22.5 Å². The number of pyridine rings is 1. The molecule has 3 aromatic rings. The summed E-state index contributed by atoms with van der Waals surface area (Å²) in [7, 11) is 0. The Kier molecular flexibility index (Phi) is 3.53. The Morgan fingerprint density at radius 3 is 2.62 bits per heavy atom. The predicted octanol–water partition coefficient (Wildman–Crippen LogP) is 4.17. The van der Waals surface area contributed by atoms with Crippen LogP contribution in [0.3, 0.4) is 0 Å². The van der Waals surface area contributed by atoms with Crippen molar-refractivity contribution in [3.63, 3.8) is 0 Å². The van der Waals surface area contributed by atoms with Gasteiger partial charge in [0.1, 0.15) is 5.82 Å². The third-order valence-electron chi connectivity index (χ3n) is 2.98. The van der Waals surface area contributed by atoms with Gasteiger partial charge in [0.05, 0.1) is 28.2 Å². The van der Waals surface area contributed by atoms with Crippen LogP contribution in [0.5, 0.6) is 0 Å². The Bertz CT molecular complexity index is 799.